The van der Waals surface area contributed by atoms with E-state index >= 15 is 0 Å². The quantitative estimate of drug-likeness (QED) is 0.480. The Hall–Kier alpha value is -3.15. The van der Waals surface area contributed by atoms with Crippen molar-refractivity contribution in [2.75, 3.05) is 0 Å². The highest BCUT2D eigenvalue weighted by atomic mass is 16.6. The first-order valence-corrected chi connectivity index (χ1v) is 7.64. The standard InChI is InChI=1S/C19H19NO5/c1-19(2,3)14-5-8-16(9-6-14)25-17-10-7-15(20(23)24)12-13(17)4-11-18(21)22/h4-12H,1-3H3,(H,21,22)/b11-4+. The van der Waals surface area contributed by atoms with Gasteiger partial charge in [0.2, 0.25) is 0 Å². The average molecular weight is 341 g/mol. The van der Waals surface area contributed by atoms with Crippen LogP contribution in [0.1, 0.15) is 31.9 Å². The Morgan fingerprint density at radius 3 is 2.32 bits per heavy atom. The molecule has 6 heteroatoms. The van der Waals surface area contributed by atoms with E-state index in [1.54, 1.807) is 0 Å². The lowest BCUT2D eigenvalue weighted by Gasteiger charge is -2.19. The highest BCUT2D eigenvalue weighted by Gasteiger charge is 2.14. The van der Waals surface area contributed by atoms with Crippen molar-refractivity contribution in [1.82, 2.24) is 0 Å². The number of hydrogen-bond donors (Lipinski definition) is 1. The number of carbonyl (C=O) groups is 1. The summed E-state index contributed by atoms with van der Waals surface area (Å²) in [5.74, 6) is -0.245. The van der Waals surface area contributed by atoms with Crippen molar-refractivity contribution >= 4 is 17.7 Å². The fraction of sp³-hybridized carbons (Fsp3) is 0.211. The summed E-state index contributed by atoms with van der Waals surface area (Å²) in [5, 5.41) is 19.7. The molecule has 2 rings (SSSR count). The molecular formula is C19H19NO5. The summed E-state index contributed by atoms with van der Waals surface area (Å²) in [7, 11) is 0. The molecule has 130 valence electrons. The second-order valence-electron chi connectivity index (χ2n) is 6.53. The van der Waals surface area contributed by atoms with Gasteiger partial charge in [-0.05, 0) is 35.3 Å². The van der Waals surface area contributed by atoms with Crippen LogP contribution in [0.5, 0.6) is 11.5 Å². The van der Waals surface area contributed by atoms with E-state index in [9.17, 15) is 14.9 Å². The van der Waals surface area contributed by atoms with Gasteiger partial charge < -0.3 is 9.84 Å². The van der Waals surface area contributed by atoms with Gasteiger partial charge in [0.1, 0.15) is 11.5 Å². The maximum atomic E-state index is 10.9. The Bertz CT molecular complexity index is 817. The molecule has 2 aromatic carbocycles. The summed E-state index contributed by atoms with van der Waals surface area (Å²) in [6.45, 7) is 6.32. The molecule has 0 saturated heterocycles. The van der Waals surface area contributed by atoms with Gasteiger partial charge in [0.25, 0.3) is 5.69 Å². The Morgan fingerprint density at radius 2 is 1.80 bits per heavy atom. The van der Waals surface area contributed by atoms with Gasteiger partial charge in [-0.25, -0.2) is 4.79 Å². The van der Waals surface area contributed by atoms with Crippen LogP contribution in [-0.4, -0.2) is 16.0 Å². The molecule has 0 radical (unpaired) electrons. The normalized spacial score (nSPS) is 11.5. The highest BCUT2D eigenvalue weighted by molar-refractivity contribution is 5.86. The lowest BCUT2D eigenvalue weighted by molar-refractivity contribution is -0.384. The number of nitrogens with zero attached hydrogens (tertiary/aromatic N) is 1. The largest absolute Gasteiger partial charge is 0.478 e. The van der Waals surface area contributed by atoms with Crippen molar-refractivity contribution in [3.8, 4) is 11.5 Å². The van der Waals surface area contributed by atoms with Gasteiger partial charge in [-0.1, -0.05) is 32.9 Å². The first-order chi connectivity index (χ1) is 11.7. The number of benzene rings is 2. The molecule has 0 aromatic heterocycles. The van der Waals surface area contributed by atoms with Gasteiger partial charge in [-0.15, -0.1) is 0 Å². The minimum absolute atomic E-state index is 0.0152. The molecule has 1 N–H and O–H groups in total. The van der Waals surface area contributed by atoms with E-state index in [-0.39, 0.29) is 11.1 Å². The number of carboxylic acids is 1. The van der Waals surface area contributed by atoms with Crippen molar-refractivity contribution in [3.05, 3.63) is 69.8 Å². The molecule has 0 saturated carbocycles. The van der Waals surface area contributed by atoms with E-state index in [1.165, 1.54) is 24.3 Å². The maximum Gasteiger partial charge on any atom is 0.328 e. The van der Waals surface area contributed by atoms with Crippen LogP contribution in [0.15, 0.2) is 48.5 Å². The summed E-state index contributed by atoms with van der Waals surface area (Å²) in [4.78, 5) is 21.1. The van der Waals surface area contributed by atoms with Crippen LogP contribution < -0.4 is 4.74 Å². The van der Waals surface area contributed by atoms with Gasteiger partial charge in [0.05, 0.1) is 4.92 Å². The molecule has 0 spiro atoms. The van der Waals surface area contributed by atoms with Crippen LogP contribution in [-0.2, 0) is 10.2 Å². The van der Waals surface area contributed by atoms with E-state index in [0.29, 0.717) is 17.1 Å². The second-order valence-corrected chi connectivity index (χ2v) is 6.53. The fourth-order valence-electron chi connectivity index (χ4n) is 2.18. The van der Waals surface area contributed by atoms with Crippen molar-refractivity contribution < 1.29 is 19.6 Å². The monoisotopic (exact) mass is 341 g/mol. The van der Waals surface area contributed by atoms with Crippen molar-refractivity contribution in [2.45, 2.75) is 26.2 Å². The van der Waals surface area contributed by atoms with E-state index in [1.807, 2.05) is 24.3 Å². The number of carboxylic acid groups (broad SMARTS) is 1. The summed E-state index contributed by atoms with van der Waals surface area (Å²) < 4.78 is 5.78. The molecule has 0 aliphatic heterocycles. The molecule has 2 aromatic rings. The zero-order valence-corrected chi connectivity index (χ0v) is 14.2. The van der Waals surface area contributed by atoms with E-state index in [2.05, 4.69) is 20.8 Å². The highest BCUT2D eigenvalue weighted by Crippen LogP contribution is 2.31. The number of nitro groups is 1. The molecule has 0 fully saturated rings. The molecule has 0 unspecified atom stereocenters. The first-order valence-electron chi connectivity index (χ1n) is 7.64. The van der Waals surface area contributed by atoms with Crippen LogP contribution in [0.3, 0.4) is 0 Å². The average Bonchev–Trinajstić information content (AvgIpc) is 2.53. The maximum absolute atomic E-state index is 10.9. The van der Waals surface area contributed by atoms with Crippen LogP contribution in [0.25, 0.3) is 6.08 Å². The van der Waals surface area contributed by atoms with Crippen LogP contribution in [0, 0.1) is 10.1 Å². The second kappa shape index (κ2) is 7.17. The molecular weight excluding hydrogens is 322 g/mol. The predicted octanol–water partition coefficient (Wildman–Crippen LogP) is 4.78. The Kier molecular flexibility index (Phi) is 5.22. The minimum Gasteiger partial charge on any atom is -0.478 e. The van der Waals surface area contributed by atoms with Gasteiger partial charge in [0.15, 0.2) is 0 Å². The van der Waals surface area contributed by atoms with Gasteiger partial charge in [-0.2, -0.15) is 0 Å². The number of ether oxygens (including phenoxy) is 1. The third-order valence-electron chi connectivity index (χ3n) is 3.56. The summed E-state index contributed by atoms with van der Waals surface area (Å²) in [6, 6.07) is 11.6. The number of aliphatic carboxylic acids is 1. The molecule has 25 heavy (non-hydrogen) atoms. The van der Waals surface area contributed by atoms with Gasteiger partial charge in [0, 0.05) is 23.8 Å². The molecule has 0 aliphatic carbocycles. The fourth-order valence-corrected chi connectivity index (χ4v) is 2.18. The van der Waals surface area contributed by atoms with E-state index < -0.39 is 10.9 Å². The first kappa shape index (κ1) is 18.2. The zero-order chi connectivity index (χ0) is 18.6. The summed E-state index contributed by atoms with van der Waals surface area (Å²) in [5.41, 5.74) is 1.34. The van der Waals surface area contributed by atoms with Crippen molar-refractivity contribution in [3.63, 3.8) is 0 Å². The topological polar surface area (TPSA) is 89.7 Å². The van der Waals surface area contributed by atoms with E-state index in [4.69, 9.17) is 9.84 Å². The minimum atomic E-state index is -1.15. The Balaban J connectivity index is 2.34. The van der Waals surface area contributed by atoms with Gasteiger partial charge in [-0.3, -0.25) is 10.1 Å². The van der Waals surface area contributed by atoms with Crippen LogP contribution in [0.4, 0.5) is 5.69 Å². The molecule has 0 bridgehead atoms. The SMILES string of the molecule is CC(C)(C)c1ccc(Oc2ccc([N+](=O)[O-])cc2/C=C/C(=O)O)cc1. The van der Waals surface area contributed by atoms with Crippen LogP contribution >= 0.6 is 0 Å². The number of rotatable bonds is 5. The van der Waals surface area contributed by atoms with Crippen LogP contribution in [0.2, 0.25) is 0 Å². The molecule has 6 nitrogen and oxygen atoms in total. The summed E-state index contributed by atoms with van der Waals surface area (Å²) >= 11 is 0. The number of nitro benzene ring substituents is 1. The molecule has 0 atom stereocenters. The summed E-state index contributed by atoms with van der Waals surface area (Å²) in [6.07, 6.45) is 2.18. The predicted molar refractivity (Wildman–Crippen MR) is 95.0 cm³/mol. The lowest BCUT2D eigenvalue weighted by Crippen LogP contribution is -2.10. The smallest absolute Gasteiger partial charge is 0.328 e. The molecule has 0 amide bonds. The zero-order valence-electron chi connectivity index (χ0n) is 14.2. The van der Waals surface area contributed by atoms with Crippen molar-refractivity contribution in [2.24, 2.45) is 0 Å². The molecule has 0 aliphatic rings. The Labute approximate surface area is 145 Å². The number of hydrogen-bond acceptors (Lipinski definition) is 4. The van der Waals surface area contributed by atoms with E-state index in [0.717, 1.165) is 11.6 Å². The Morgan fingerprint density at radius 1 is 1.16 bits per heavy atom. The third-order valence-corrected chi connectivity index (χ3v) is 3.56. The molecule has 0 heterocycles. The van der Waals surface area contributed by atoms with Crippen molar-refractivity contribution in [1.29, 1.82) is 0 Å². The third kappa shape index (κ3) is 4.91. The number of non-ortho nitro benzene ring substituents is 1. The van der Waals surface area contributed by atoms with Gasteiger partial charge >= 0.3 is 5.97 Å². The lowest BCUT2D eigenvalue weighted by atomic mass is 9.87.